The van der Waals surface area contributed by atoms with Crippen LogP contribution in [0.15, 0.2) is 22.7 Å². The Kier molecular flexibility index (Phi) is 3.50. The highest BCUT2D eigenvalue weighted by Gasteiger charge is 2.38. The van der Waals surface area contributed by atoms with E-state index in [1.165, 1.54) is 16.8 Å². The first-order valence-electron chi connectivity index (χ1n) is 5.87. The highest BCUT2D eigenvalue weighted by Crippen LogP contribution is 2.33. The Morgan fingerprint density at radius 3 is 2.68 bits per heavy atom. The molecule has 19 heavy (non-hydrogen) atoms. The molecule has 1 aromatic heterocycles. The molecule has 0 aromatic carbocycles. The van der Waals surface area contributed by atoms with E-state index in [1.54, 1.807) is 0 Å². The standard InChI is InChI=1S/C10H17N5O3S/c1-10(9(11)14-16)2-4-15(5-3-10)19(17,18)8-6-12-7-13-8/h6-7,16H,2-5H2,1H3,(H2,11,14)(H,12,13). The molecule has 4 N–H and O–H groups in total. The number of piperidine rings is 1. The van der Waals surface area contributed by atoms with Crippen molar-refractivity contribution in [1.29, 1.82) is 0 Å². The van der Waals surface area contributed by atoms with Gasteiger partial charge in [0.15, 0.2) is 5.03 Å². The third-order valence-corrected chi connectivity index (χ3v) is 5.47. The van der Waals surface area contributed by atoms with Gasteiger partial charge >= 0.3 is 0 Å². The van der Waals surface area contributed by atoms with Crippen molar-refractivity contribution in [3.63, 3.8) is 0 Å². The lowest BCUT2D eigenvalue weighted by Gasteiger charge is -2.37. The Bertz CT molecular complexity index is 558. The van der Waals surface area contributed by atoms with Gasteiger partial charge in [0, 0.05) is 18.5 Å². The first-order chi connectivity index (χ1) is 8.90. The Labute approximate surface area is 111 Å². The van der Waals surface area contributed by atoms with Gasteiger partial charge in [-0.25, -0.2) is 13.4 Å². The zero-order valence-corrected chi connectivity index (χ0v) is 11.4. The van der Waals surface area contributed by atoms with E-state index < -0.39 is 15.4 Å². The molecule has 0 radical (unpaired) electrons. The van der Waals surface area contributed by atoms with Gasteiger partial charge in [-0.15, -0.1) is 0 Å². The minimum absolute atomic E-state index is 0.0832. The lowest BCUT2D eigenvalue weighted by molar-refractivity contribution is 0.229. The van der Waals surface area contributed by atoms with E-state index in [-0.39, 0.29) is 10.9 Å². The number of sulfonamides is 1. The summed E-state index contributed by atoms with van der Waals surface area (Å²) < 4.78 is 25.9. The number of imidazole rings is 1. The molecule has 0 unspecified atom stereocenters. The summed E-state index contributed by atoms with van der Waals surface area (Å²) >= 11 is 0. The first-order valence-corrected chi connectivity index (χ1v) is 7.31. The number of aromatic amines is 1. The summed E-state index contributed by atoms with van der Waals surface area (Å²) in [6.07, 6.45) is 3.64. The Hall–Kier alpha value is -1.61. The molecule has 106 valence electrons. The van der Waals surface area contributed by atoms with Crippen LogP contribution in [0.3, 0.4) is 0 Å². The first kappa shape index (κ1) is 13.8. The largest absolute Gasteiger partial charge is 0.409 e. The maximum Gasteiger partial charge on any atom is 0.260 e. The van der Waals surface area contributed by atoms with Gasteiger partial charge in [-0.2, -0.15) is 4.31 Å². The number of amidine groups is 1. The average molecular weight is 287 g/mol. The second-order valence-electron chi connectivity index (χ2n) is 4.87. The van der Waals surface area contributed by atoms with Crippen molar-refractivity contribution in [3.05, 3.63) is 12.5 Å². The molecular formula is C10H17N5O3S. The summed E-state index contributed by atoms with van der Waals surface area (Å²) in [7, 11) is -3.53. The van der Waals surface area contributed by atoms with Crippen LogP contribution in [0.2, 0.25) is 0 Å². The second-order valence-corrected chi connectivity index (χ2v) is 6.77. The third kappa shape index (κ3) is 2.43. The number of nitrogens with zero attached hydrogens (tertiary/aromatic N) is 3. The van der Waals surface area contributed by atoms with E-state index in [9.17, 15) is 8.42 Å². The van der Waals surface area contributed by atoms with Crippen LogP contribution in [-0.2, 0) is 10.0 Å². The van der Waals surface area contributed by atoms with Crippen molar-refractivity contribution in [1.82, 2.24) is 14.3 Å². The van der Waals surface area contributed by atoms with Gasteiger partial charge in [0.1, 0.15) is 5.84 Å². The number of hydrogen-bond donors (Lipinski definition) is 3. The van der Waals surface area contributed by atoms with E-state index >= 15 is 0 Å². The minimum atomic E-state index is -3.53. The Morgan fingerprint density at radius 1 is 1.58 bits per heavy atom. The monoisotopic (exact) mass is 287 g/mol. The third-order valence-electron chi connectivity index (χ3n) is 3.64. The van der Waals surface area contributed by atoms with Gasteiger partial charge in [-0.3, -0.25) is 0 Å². The molecule has 2 rings (SSSR count). The van der Waals surface area contributed by atoms with Crippen LogP contribution in [0.4, 0.5) is 0 Å². The quantitative estimate of drug-likeness (QED) is 0.311. The smallest absolute Gasteiger partial charge is 0.260 e. The fraction of sp³-hybridized carbons (Fsp3) is 0.600. The molecule has 1 saturated heterocycles. The predicted molar refractivity (Wildman–Crippen MR) is 68.1 cm³/mol. The number of oxime groups is 1. The molecular weight excluding hydrogens is 270 g/mol. The number of nitrogens with two attached hydrogens (primary N) is 1. The van der Waals surface area contributed by atoms with Crippen LogP contribution in [0.1, 0.15) is 19.8 Å². The molecule has 9 heteroatoms. The predicted octanol–water partition coefficient (Wildman–Crippen LogP) is -0.0531. The molecule has 0 aliphatic carbocycles. The fourth-order valence-electron chi connectivity index (χ4n) is 2.12. The molecule has 2 heterocycles. The van der Waals surface area contributed by atoms with Gasteiger partial charge < -0.3 is 15.9 Å². The van der Waals surface area contributed by atoms with Crippen molar-refractivity contribution < 1.29 is 13.6 Å². The van der Waals surface area contributed by atoms with Crippen molar-refractivity contribution in [2.24, 2.45) is 16.3 Å². The summed E-state index contributed by atoms with van der Waals surface area (Å²) in [5.74, 6) is 0.145. The number of nitrogens with one attached hydrogen (secondary N) is 1. The van der Waals surface area contributed by atoms with E-state index in [2.05, 4.69) is 15.1 Å². The van der Waals surface area contributed by atoms with Gasteiger partial charge in [0.05, 0.1) is 12.5 Å². The maximum atomic E-state index is 12.2. The molecule has 0 saturated carbocycles. The van der Waals surface area contributed by atoms with Crippen molar-refractivity contribution in [2.75, 3.05) is 13.1 Å². The Morgan fingerprint density at radius 2 is 2.21 bits per heavy atom. The summed E-state index contributed by atoms with van der Waals surface area (Å²) in [6.45, 7) is 2.52. The zero-order valence-electron chi connectivity index (χ0n) is 10.6. The molecule has 0 spiro atoms. The summed E-state index contributed by atoms with van der Waals surface area (Å²) in [5.41, 5.74) is 5.18. The SMILES string of the molecule is CC1(C(N)=NO)CCN(S(=O)(=O)c2cnc[nH]2)CC1. The molecule has 1 aliphatic rings. The van der Waals surface area contributed by atoms with E-state index in [0.29, 0.717) is 25.9 Å². The summed E-state index contributed by atoms with van der Waals surface area (Å²) in [5, 5.41) is 11.9. The fourth-order valence-corrected chi connectivity index (χ4v) is 3.46. The van der Waals surface area contributed by atoms with E-state index in [0.717, 1.165) is 0 Å². The van der Waals surface area contributed by atoms with Crippen LogP contribution in [0.5, 0.6) is 0 Å². The van der Waals surface area contributed by atoms with Crippen LogP contribution >= 0.6 is 0 Å². The normalized spacial score (nSPS) is 21.4. The maximum absolute atomic E-state index is 12.2. The lowest BCUT2D eigenvalue weighted by Crippen LogP contribution is -2.47. The van der Waals surface area contributed by atoms with Crippen LogP contribution in [0, 0.1) is 5.41 Å². The van der Waals surface area contributed by atoms with Gasteiger partial charge in [-0.1, -0.05) is 12.1 Å². The molecule has 1 aromatic rings. The average Bonchev–Trinajstić information content (AvgIpc) is 2.93. The highest BCUT2D eigenvalue weighted by molar-refractivity contribution is 7.89. The van der Waals surface area contributed by atoms with Gasteiger partial charge in [0.25, 0.3) is 10.0 Å². The molecule has 1 fully saturated rings. The van der Waals surface area contributed by atoms with E-state index in [4.69, 9.17) is 10.9 Å². The summed E-state index contributed by atoms with van der Waals surface area (Å²) in [6, 6.07) is 0. The molecule has 0 bridgehead atoms. The zero-order chi connectivity index (χ0) is 14.1. The van der Waals surface area contributed by atoms with Crippen LogP contribution < -0.4 is 5.73 Å². The number of rotatable bonds is 3. The van der Waals surface area contributed by atoms with Crippen LogP contribution in [-0.4, -0.2) is 46.8 Å². The molecule has 8 nitrogen and oxygen atoms in total. The van der Waals surface area contributed by atoms with Crippen LogP contribution in [0.25, 0.3) is 0 Å². The van der Waals surface area contributed by atoms with Gasteiger partial charge in [0.2, 0.25) is 0 Å². The minimum Gasteiger partial charge on any atom is -0.409 e. The molecule has 0 amide bonds. The molecule has 1 aliphatic heterocycles. The number of hydrogen-bond acceptors (Lipinski definition) is 5. The number of H-pyrrole nitrogens is 1. The highest BCUT2D eigenvalue weighted by atomic mass is 32.2. The molecule has 0 atom stereocenters. The van der Waals surface area contributed by atoms with Crippen molar-refractivity contribution in [3.8, 4) is 0 Å². The topological polar surface area (TPSA) is 125 Å². The number of aromatic nitrogens is 2. The van der Waals surface area contributed by atoms with E-state index in [1.807, 2.05) is 6.92 Å². The lowest BCUT2D eigenvalue weighted by atomic mass is 9.80. The van der Waals surface area contributed by atoms with Crippen molar-refractivity contribution in [2.45, 2.75) is 24.8 Å². The Balaban J connectivity index is 2.13. The van der Waals surface area contributed by atoms with Gasteiger partial charge in [-0.05, 0) is 12.8 Å². The summed E-state index contributed by atoms with van der Waals surface area (Å²) in [4.78, 5) is 6.32. The van der Waals surface area contributed by atoms with Crippen molar-refractivity contribution >= 4 is 15.9 Å². The second kappa shape index (κ2) is 4.82.